The third-order valence-electron chi connectivity index (χ3n) is 3.57. The number of halogens is 1. The van der Waals surface area contributed by atoms with E-state index in [-0.39, 0.29) is 0 Å². The first kappa shape index (κ1) is 20.7. The van der Waals surface area contributed by atoms with Gasteiger partial charge in [0.15, 0.2) is 0 Å². The van der Waals surface area contributed by atoms with Crippen LogP contribution in [0.4, 0.5) is 0 Å². The average Bonchev–Trinajstić information content (AvgIpc) is 2.50. The fourth-order valence-electron chi connectivity index (χ4n) is 2.25. The summed E-state index contributed by atoms with van der Waals surface area (Å²) in [6.45, 7) is 3.07. The zero-order chi connectivity index (χ0) is 15.4. The molecule has 0 fully saturated rings. The van der Waals surface area contributed by atoms with E-state index in [4.69, 9.17) is 16.3 Å². The second kappa shape index (κ2) is 19.7. The van der Waals surface area contributed by atoms with E-state index in [1.807, 2.05) is 0 Å². The molecule has 0 aliphatic carbocycles. The molecule has 0 atom stereocenters. The predicted octanol–water partition coefficient (Wildman–Crippen LogP) is 7.01. The minimum absolute atomic E-state index is 0.334. The highest BCUT2D eigenvalue weighted by atomic mass is 35.5. The van der Waals surface area contributed by atoms with E-state index in [1.54, 1.807) is 0 Å². The van der Waals surface area contributed by atoms with Crippen molar-refractivity contribution >= 4 is 11.6 Å². The van der Waals surface area contributed by atoms with Crippen molar-refractivity contribution in [3.63, 3.8) is 0 Å². The Morgan fingerprint density at radius 2 is 1.29 bits per heavy atom. The van der Waals surface area contributed by atoms with Crippen molar-refractivity contribution in [3.05, 3.63) is 24.3 Å². The number of hydrogen-bond acceptors (Lipinski definition) is 1. The molecule has 0 heterocycles. The lowest BCUT2D eigenvalue weighted by atomic mass is 10.1. The lowest BCUT2D eigenvalue weighted by Gasteiger charge is -2.01. The number of hydrogen-bond donors (Lipinski definition) is 0. The number of allylic oxidation sites excluding steroid dienone is 4. The van der Waals surface area contributed by atoms with E-state index < -0.39 is 0 Å². The average molecular weight is 315 g/mol. The first-order chi connectivity index (χ1) is 10.4. The molecule has 0 aromatic carbocycles. The maximum atomic E-state index is 5.44. The monoisotopic (exact) mass is 314 g/mol. The maximum absolute atomic E-state index is 5.44. The van der Waals surface area contributed by atoms with Crippen molar-refractivity contribution in [2.45, 2.75) is 84.0 Å². The zero-order valence-electron chi connectivity index (χ0n) is 14.0. The van der Waals surface area contributed by atoms with Gasteiger partial charge in [-0.3, -0.25) is 0 Å². The summed E-state index contributed by atoms with van der Waals surface area (Å²) < 4.78 is 5.10. The Hall–Kier alpha value is -0.270. The molecule has 0 saturated heterocycles. The Morgan fingerprint density at radius 1 is 0.714 bits per heavy atom. The van der Waals surface area contributed by atoms with Gasteiger partial charge in [0.2, 0.25) is 0 Å². The van der Waals surface area contributed by atoms with Crippen LogP contribution in [0, 0.1) is 0 Å². The standard InChI is InChI=1S/C19H35ClO/c1-2-3-4-5-6-7-8-9-10-11-12-13-14-15-16-17-18-21-19-20/h6-7,9-10H,2-5,8,11-19H2,1H3/b7-6-,10-9-. The van der Waals surface area contributed by atoms with Gasteiger partial charge in [-0.15, -0.1) is 0 Å². The van der Waals surface area contributed by atoms with Crippen LogP contribution < -0.4 is 0 Å². The summed E-state index contributed by atoms with van der Waals surface area (Å²) in [5, 5.41) is 0. The highest BCUT2D eigenvalue weighted by Gasteiger charge is 1.91. The highest BCUT2D eigenvalue weighted by Crippen LogP contribution is 2.08. The molecule has 0 N–H and O–H groups in total. The summed E-state index contributed by atoms with van der Waals surface area (Å²) in [5.74, 6) is 0. The van der Waals surface area contributed by atoms with Crippen molar-refractivity contribution < 1.29 is 4.74 Å². The van der Waals surface area contributed by atoms with Gasteiger partial charge >= 0.3 is 0 Å². The van der Waals surface area contributed by atoms with Gasteiger partial charge in [0.1, 0.15) is 6.07 Å². The molecular formula is C19H35ClO. The van der Waals surface area contributed by atoms with E-state index in [0.717, 1.165) is 19.4 Å². The van der Waals surface area contributed by atoms with E-state index >= 15 is 0 Å². The van der Waals surface area contributed by atoms with Gasteiger partial charge in [0, 0.05) is 6.61 Å². The Bertz CT molecular complexity index is 236. The van der Waals surface area contributed by atoms with Crippen LogP contribution in [0.2, 0.25) is 0 Å². The lowest BCUT2D eigenvalue weighted by molar-refractivity contribution is 0.173. The molecule has 1 nitrogen and oxygen atoms in total. The first-order valence-corrected chi connectivity index (χ1v) is 9.39. The summed E-state index contributed by atoms with van der Waals surface area (Å²) >= 11 is 5.44. The number of alkyl halides is 1. The van der Waals surface area contributed by atoms with Gasteiger partial charge in [-0.2, -0.15) is 0 Å². The van der Waals surface area contributed by atoms with E-state index in [1.165, 1.54) is 64.2 Å². The minimum Gasteiger partial charge on any atom is -0.366 e. The summed E-state index contributed by atoms with van der Waals surface area (Å²) in [6.07, 6.45) is 24.7. The Kier molecular flexibility index (Phi) is 19.5. The fraction of sp³-hybridized carbons (Fsp3) is 0.789. The van der Waals surface area contributed by atoms with Gasteiger partial charge in [0.05, 0.1) is 0 Å². The van der Waals surface area contributed by atoms with Crippen LogP contribution in [-0.2, 0) is 4.74 Å². The molecule has 0 unspecified atom stereocenters. The third-order valence-corrected chi connectivity index (χ3v) is 3.72. The SMILES string of the molecule is CCCCC/C=C\C/C=C\CCCCCCCCOCCl. The number of unbranched alkanes of at least 4 members (excludes halogenated alkanes) is 9. The smallest absolute Gasteiger partial charge is 0.120 e. The van der Waals surface area contributed by atoms with Crippen molar-refractivity contribution in [1.82, 2.24) is 0 Å². The Labute approximate surface area is 137 Å². The van der Waals surface area contributed by atoms with Crippen molar-refractivity contribution in [1.29, 1.82) is 0 Å². The molecule has 0 aromatic heterocycles. The quantitative estimate of drug-likeness (QED) is 0.169. The molecule has 0 bridgehead atoms. The molecule has 0 aliphatic rings. The van der Waals surface area contributed by atoms with E-state index in [0.29, 0.717) is 6.07 Å². The van der Waals surface area contributed by atoms with Crippen LogP contribution >= 0.6 is 11.6 Å². The normalized spacial score (nSPS) is 11.9. The van der Waals surface area contributed by atoms with Crippen LogP contribution in [0.15, 0.2) is 24.3 Å². The van der Waals surface area contributed by atoms with Crippen LogP contribution in [0.25, 0.3) is 0 Å². The molecule has 0 amide bonds. The van der Waals surface area contributed by atoms with Gasteiger partial charge in [-0.05, 0) is 38.5 Å². The van der Waals surface area contributed by atoms with Gasteiger partial charge in [-0.25, -0.2) is 0 Å². The number of ether oxygens (including phenoxy) is 1. The third kappa shape index (κ3) is 19.7. The summed E-state index contributed by atoms with van der Waals surface area (Å²) in [6, 6.07) is 0.334. The van der Waals surface area contributed by atoms with Crippen molar-refractivity contribution in [2.24, 2.45) is 0 Å². The molecule has 2 heteroatoms. The van der Waals surface area contributed by atoms with Crippen molar-refractivity contribution in [2.75, 3.05) is 12.7 Å². The Morgan fingerprint density at radius 3 is 1.90 bits per heavy atom. The molecule has 0 saturated carbocycles. The summed E-state index contributed by atoms with van der Waals surface area (Å²) in [5.41, 5.74) is 0. The maximum Gasteiger partial charge on any atom is 0.120 e. The molecule has 0 spiro atoms. The van der Waals surface area contributed by atoms with Crippen LogP contribution in [0.3, 0.4) is 0 Å². The van der Waals surface area contributed by atoms with Gasteiger partial charge < -0.3 is 4.74 Å². The molecule has 21 heavy (non-hydrogen) atoms. The molecule has 0 rings (SSSR count). The van der Waals surface area contributed by atoms with Crippen molar-refractivity contribution in [3.8, 4) is 0 Å². The lowest BCUT2D eigenvalue weighted by Crippen LogP contribution is -1.91. The minimum atomic E-state index is 0.334. The second-order valence-corrected chi connectivity index (χ2v) is 5.82. The van der Waals surface area contributed by atoms with Crippen LogP contribution in [0.5, 0.6) is 0 Å². The molecule has 0 radical (unpaired) electrons. The number of rotatable bonds is 16. The van der Waals surface area contributed by atoms with Crippen LogP contribution in [0.1, 0.15) is 84.0 Å². The molecule has 0 aromatic rings. The molecule has 0 aliphatic heterocycles. The van der Waals surface area contributed by atoms with Crippen LogP contribution in [-0.4, -0.2) is 12.7 Å². The first-order valence-electron chi connectivity index (χ1n) is 8.85. The predicted molar refractivity (Wildman–Crippen MR) is 96.0 cm³/mol. The van der Waals surface area contributed by atoms with E-state index in [9.17, 15) is 0 Å². The fourth-order valence-corrected chi connectivity index (χ4v) is 2.36. The second-order valence-electron chi connectivity index (χ2n) is 5.60. The zero-order valence-corrected chi connectivity index (χ0v) is 14.8. The summed E-state index contributed by atoms with van der Waals surface area (Å²) in [7, 11) is 0. The highest BCUT2D eigenvalue weighted by molar-refractivity contribution is 6.17. The Balaban J connectivity index is 3.11. The molecule has 124 valence electrons. The van der Waals surface area contributed by atoms with Gasteiger partial charge in [-0.1, -0.05) is 81.4 Å². The molecular weight excluding hydrogens is 280 g/mol. The van der Waals surface area contributed by atoms with E-state index in [2.05, 4.69) is 31.2 Å². The van der Waals surface area contributed by atoms with Gasteiger partial charge in [0.25, 0.3) is 0 Å². The topological polar surface area (TPSA) is 9.23 Å². The summed E-state index contributed by atoms with van der Waals surface area (Å²) in [4.78, 5) is 0. The largest absolute Gasteiger partial charge is 0.366 e.